The molecule has 1 aromatic heterocycles. The second-order valence-corrected chi connectivity index (χ2v) is 3.74. The third-order valence-corrected chi connectivity index (χ3v) is 2.52. The van der Waals surface area contributed by atoms with Crippen LogP contribution in [0, 0.1) is 0 Å². The molecule has 0 aliphatic rings. The average Bonchev–Trinajstić information content (AvgIpc) is 2.40. The van der Waals surface area contributed by atoms with Crippen molar-refractivity contribution in [1.29, 1.82) is 0 Å². The summed E-state index contributed by atoms with van der Waals surface area (Å²) in [5.74, 6) is 1.82. The van der Waals surface area contributed by atoms with Gasteiger partial charge < -0.3 is 10.1 Å². The number of nitrogens with one attached hydrogen (secondary N) is 1. The molecule has 2 rings (SSSR count). The van der Waals surface area contributed by atoms with Gasteiger partial charge in [0.25, 0.3) is 0 Å². The SMILES string of the molecule is COc1cccc(CCNc2ccccn2)c1. The highest BCUT2D eigenvalue weighted by molar-refractivity contribution is 5.34. The number of hydrogen-bond donors (Lipinski definition) is 1. The summed E-state index contributed by atoms with van der Waals surface area (Å²) in [6.07, 6.45) is 2.74. The van der Waals surface area contributed by atoms with Crippen LogP contribution in [0.1, 0.15) is 5.56 Å². The van der Waals surface area contributed by atoms with E-state index in [-0.39, 0.29) is 0 Å². The summed E-state index contributed by atoms with van der Waals surface area (Å²) < 4.78 is 5.19. The van der Waals surface area contributed by atoms with E-state index in [0.29, 0.717) is 0 Å². The normalized spacial score (nSPS) is 9.94. The molecule has 3 nitrogen and oxygen atoms in total. The molecular formula is C14H16N2O. The van der Waals surface area contributed by atoms with Crippen LogP contribution in [0.25, 0.3) is 0 Å². The van der Waals surface area contributed by atoms with Crippen molar-refractivity contribution in [3.63, 3.8) is 0 Å². The highest BCUT2D eigenvalue weighted by Gasteiger charge is 1.96. The Balaban J connectivity index is 1.86. The minimum Gasteiger partial charge on any atom is -0.497 e. The van der Waals surface area contributed by atoms with Gasteiger partial charge in [-0.25, -0.2) is 4.98 Å². The van der Waals surface area contributed by atoms with E-state index in [2.05, 4.69) is 22.4 Å². The van der Waals surface area contributed by atoms with Gasteiger partial charge in [0, 0.05) is 12.7 Å². The van der Waals surface area contributed by atoms with Crippen LogP contribution in [0.2, 0.25) is 0 Å². The molecule has 0 aliphatic carbocycles. The van der Waals surface area contributed by atoms with Crippen molar-refractivity contribution in [3.8, 4) is 5.75 Å². The zero-order valence-electron chi connectivity index (χ0n) is 9.89. The van der Waals surface area contributed by atoms with Gasteiger partial charge in [0.1, 0.15) is 11.6 Å². The van der Waals surface area contributed by atoms with E-state index < -0.39 is 0 Å². The summed E-state index contributed by atoms with van der Waals surface area (Å²) in [6, 6.07) is 14.0. The van der Waals surface area contributed by atoms with Crippen molar-refractivity contribution < 1.29 is 4.74 Å². The second kappa shape index (κ2) is 5.89. The largest absolute Gasteiger partial charge is 0.497 e. The average molecular weight is 228 g/mol. The van der Waals surface area contributed by atoms with Gasteiger partial charge in [0.15, 0.2) is 0 Å². The smallest absolute Gasteiger partial charge is 0.125 e. The lowest BCUT2D eigenvalue weighted by Gasteiger charge is -2.06. The Morgan fingerprint density at radius 1 is 1.18 bits per heavy atom. The zero-order chi connectivity index (χ0) is 11.9. The van der Waals surface area contributed by atoms with E-state index in [1.54, 1.807) is 13.3 Å². The minimum atomic E-state index is 0.865. The van der Waals surface area contributed by atoms with Crippen molar-refractivity contribution in [1.82, 2.24) is 4.98 Å². The number of rotatable bonds is 5. The first-order chi connectivity index (χ1) is 8.38. The molecule has 0 amide bonds. The Labute approximate surface area is 101 Å². The van der Waals surface area contributed by atoms with Gasteiger partial charge in [-0.3, -0.25) is 0 Å². The minimum absolute atomic E-state index is 0.865. The van der Waals surface area contributed by atoms with E-state index in [1.165, 1.54) is 5.56 Å². The van der Waals surface area contributed by atoms with Gasteiger partial charge in [-0.05, 0) is 36.2 Å². The fraction of sp³-hybridized carbons (Fsp3) is 0.214. The second-order valence-electron chi connectivity index (χ2n) is 3.74. The van der Waals surface area contributed by atoms with Crippen LogP contribution in [-0.4, -0.2) is 18.6 Å². The van der Waals surface area contributed by atoms with Gasteiger partial charge in [0.2, 0.25) is 0 Å². The van der Waals surface area contributed by atoms with Crippen molar-refractivity contribution in [3.05, 3.63) is 54.2 Å². The zero-order valence-corrected chi connectivity index (χ0v) is 9.89. The highest BCUT2D eigenvalue weighted by atomic mass is 16.5. The first kappa shape index (κ1) is 11.5. The number of aromatic nitrogens is 1. The standard InChI is InChI=1S/C14H16N2O/c1-17-13-6-4-5-12(11-13)8-10-16-14-7-2-3-9-15-14/h2-7,9,11H,8,10H2,1H3,(H,15,16). The Kier molecular flexibility index (Phi) is 3.97. The molecule has 0 unspecified atom stereocenters. The predicted octanol–water partition coefficient (Wildman–Crippen LogP) is 2.74. The van der Waals surface area contributed by atoms with Crippen molar-refractivity contribution in [2.45, 2.75) is 6.42 Å². The molecule has 1 aromatic carbocycles. The molecule has 1 heterocycles. The molecule has 88 valence electrons. The maximum absolute atomic E-state index is 5.19. The molecule has 3 heteroatoms. The molecule has 0 fully saturated rings. The van der Waals surface area contributed by atoms with Crippen molar-refractivity contribution >= 4 is 5.82 Å². The van der Waals surface area contributed by atoms with Crippen molar-refractivity contribution in [2.75, 3.05) is 19.0 Å². The molecule has 0 saturated carbocycles. The van der Waals surface area contributed by atoms with Crippen LogP contribution in [-0.2, 0) is 6.42 Å². The Morgan fingerprint density at radius 3 is 2.88 bits per heavy atom. The van der Waals surface area contributed by atoms with E-state index >= 15 is 0 Å². The van der Waals surface area contributed by atoms with Gasteiger partial charge in [0.05, 0.1) is 7.11 Å². The number of nitrogens with zero attached hydrogens (tertiary/aromatic N) is 1. The molecule has 0 radical (unpaired) electrons. The predicted molar refractivity (Wildman–Crippen MR) is 69.4 cm³/mol. The number of methoxy groups -OCH3 is 1. The molecule has 0 saturated heterocycles. The first-order valence-corrected chi connectivity index (χ1v) is 5.66. The van der Waals surface area contributed by atoms with Crippen LogP contribution in [0.3, 0.4) is 0 Å². The molecule has 2 aromatic rings. The Bertz CT molecular complexity index is 457. The summed E-state index contributed by atoms with van der Waals surface area (Å²) in [4.78, 5) is 4.21. The quantitative estimate of drug-likeness (QED) is 0.854. The van der Waals surface area contributed by atoms with Crippen LogP contribution in [0.4, 0.5) is 5.82 Å². The lowest BCUT2D eigenvalue weighted by atomic mass is 10.1. The summed E-state index contributed by atoms with van der Waals surface area (Å²) >= 11 is 0. The lowest BCUT2D eigenvalue weighted by Crippen LogP contribution is -2.05. The third kappa shape index (κ3) is 3.48. The lowest BCUT2D eigenvalue weighted by molar-refractivity contribution is 0.414. The maximum Gasteiger partial charge on any atom is 0.125 e. The fourth-order valence-corrected chi connectivity index (χ4v) is 1.63. The van der Waals surface area contributed by atoms with E-state index in [4.69, 9.17) is 4.74 Å². The van der Waals surface area contributed by atoms with Gasteiger partial charge in [-0.15, -0.1) is 0 Å². The van der Waals surface area contributed by atoms with Crippen molar-refractivity contribution in [2.24, 2.45) is 0 Å². The summed E-state index contributed by atoms with van der Waals surface area (Å²) in [5, 5.41) is 3.28. The summed E-state index contributed by atoms with van der Waals surface area (Å²) in [5.41, 5.74) is 1.26. The first-order valence-electron chi connectivity index (χ1n) is 5.66. The number of hydrogen-bond acceptors (Lipinski definition) is 3. The van der Waals surface area contributed by atoms with Gasteiger partial charge >= 0.3 is 0 Å². The molecule has 0 bridgehead atoms. The number of ether oxygens (including phenoxy) is 1. The van der Waals surface area contributed by atoms with E-state index in [9.17, 15) is 0 Å². The monoisotopic (exact) mass is 228 g/mol. The molecule has 17 heavy (non-hydrogen) atoms. The molecule has 0 spiro atoms. The summed E-state index contributed by atoms with van der Waals surface area (Å²) in [6.45, 7) is 0.865. The number of pyridine rings is 1. The number of benzene rings is 1. The third-order valence-electron chi connectivity index (χ3n) is 2.52. The van der Waals surface area contributed by atoms with Gasteiger partial charge in [-0.2, -0.15) is 0 Å². The fourth-order valence-electron chi connectivity index (χ4n) is 1.63. The molecule has 0 aliphatic heterocycles. The van der Waals surface area contributed by atoms with Crippen LogP contribution in [0.5, 0.6) is 5.75 Å². The van der Waals surface area contributed by atoms with Crippen LogP contribution < -0.4 is 10.1 Å². The molecule has 0 atom stereocenters. The Hall–Kier alpha value is -2.03. The Morgan fingerprint density at radius 2 is 2.12 bits per heavy atom. The van der Waals surface area contributed by atoms with E-state index in [1.807, 2.05) is 30.3 Å². The summed E-state index contributed by atoms with van der Waals surface area (Å²) in [7, 11) is 1.69. The maximum atomic E-state index is 5.19. The topological polar surface area (TPSA) is 34.1 Å². The number of anilines is 1. The molecular weight excluding hydrogens is 212 g/mol. The van der Waals surface area contributed by atoms with Crippen LogP contribution in [0.15, 0.2) is 48.7 Å². The van der Waals surface area contributed by atoms with Crippen LogP contribution >= 0.6 is 0 Å². The van der Waals surface area contributed by atoms with E-state index in [0.717, 1.165) is 24.5 Å². The van der Waals surface area contributed by atoms with Gasteiger partial charge in [-0.1, -0.05) is 18.2 Å². The molecule has 1 N–H and O–H groups in total. The highest BCUT2D eigenvalue weighted by Crippen LogP contribution is 2.13.